The van der Waals surface area contributed by atoms with Gasteiger partial charge in [-0.2, -0.15) is 0 Å². The second kappa shape index (κ2) is 6.86. The fourth-order valence-corrected chi connectivity index (χ4v) is 1.44. The zero-order chi connectivity index (χ0) is 13.5. The Balaban J connectivity index is 2.93. The number of anilines is 1. The van der Waals surface area contributed by atoms with Gasteiger partial charge in [-0.05, 0) is 24.3 Å². The molecule has 1 aromatic carbocycles. The molecule has 0 spiro atoms. The standard InChI is InChI=1S/C12H14ClNO4/c1-17-11-5-3-9(4-6-11)14(12(16)18-2)8-10(15)7-13/h3-6H,7-8H2,1-2H3. The van der Waals surface area contributed by atoms with Gasteiger partial charge in [0.1, 0.15) is 5.75 Å². The van der Waals surface area contributed by atoms with Crippen molar-refractivity contribution in [3.05, 3.63) is 24.3 Å². The molecule has 18 heavy (non-hydrogen) atoms. The molecule has 0 aliphatic rings. The minimum Gasteiger partial charge on any atom is -0.497 e. The highest BCUT2D eigenvalue weighted by atomic mass is 35.5. The van der Waals surface area contributed by atoms with Crippen molar-refractivity contribution in [2.45, 2.75) is 0 Å². The molecule has 0 bridgehead atoms. The van der Waals surface area contributed by atoms with Crippen molar-refractivity contribution in [3.8, 4) is 5.75 Å². The first-order chi connectivity index (χ1) is 8.62. The van der Waals surface area contributed by atoms with Crippen LogP contribution in [0.1, 0.15) is 0 Å². The van der Waals surface area contributed by atoms with E-state index in [4.69, 9.17) is 16.3 Å². The van der Waals surface area contributed by atoms with E-state index in [-0.39, 0.29) is 18.2 Å². The summed E-state index contributed by atoms with van der Waals surface area (Å²) in [6.45, 7) is -0.123. The van der Waals surface area contributed by atoms with Crippen LogP contribution >= 0.6 is 11.6 Å². The first kappa shape index (κ1) is 14.3. The molecule has 0 aliphatic heterocycles. The van der Waals surface area contributed by atoms with Crippen molar-refractivity contribution in [2.75, 3.05) is 31.5 Å². The second-order valence-electron chi connectivity index (χ2n) is 3.43. The lowest BCUT2D eigenvalue weighted by molar-refractivity contribution is -0.115. The van der Waals surface area contributed by atoms with Crippen LogP contribution in [0.25, 0.3) is 0 Å². The van der Waals surface area contributed by atoms with Gasteiger partial charge in [-0.1, -0.05) is 0 Å². The van der Waals surface area contributed by atoms with E-state index in [1.54, 1.807) is 31.4 Å². The molecule has 5 nitrogen and oxygen atoms in total. The quantitative estimate of drug-likeness (QED) is 0.770. The molecule has 0 saturated carbocycles. The molecule has 0 aromatic heterocycles. The van der Waals surface area contributed by atoms with E-state index in [9.17, 15) is 9.59 Å². The summed E-state index contributed by atoms with van der Waals surface area (Å²) in [6, 6.07) is 6.71. The molecule has 0 atom stereocenters. The highest BCUT2D eigenvalue weighted by molar-refractivity contribution is 6.28. The number of amides is 1. The lowest BCUT2D eigenvalue weighted by Crippen LogP contribution is -2.36. The normalized spacial score (nSPS) is 9.72. The number of rotatable bonds is 5. The van der Waals surface area contributed by atoms with Gasteiger partial charge in [0.25, 0.3) is 0 Å². The molecule has 0 N–H and O–H groups in total. The average Bonchev–Trinajstić information content (AvgIpc) is 2.43. The number of benzene rings is 1. The predicted octanol–water partition coefficient (Wildman–Crippen LogP) is 2.08. The summed E-state index contributed by atoms with van der Waals surface area (Å²) in [6.07, 6.45) is -0.612. The Morgan fingerprint density at radius 1 is 1.22 bits per heavy atom. The first-order valence-corrected chi connectivity index (χ1v) is 5.73. The number of hydrogen-bond acceptors (Lipinski definition) is 4. The summed E-state index contributed by atoms with van der Waals surface area (Å²) in [5.74, 6) is 0.244. The molecular formula is C12H14ClNO4. The Kier molecular flexibility index (Phi) is 5.45. The van der Waals surface area contributed by atoms with Crippen molar-refractivity contribution in [1.29, 1.82) is 0 Å². The maximum Gasteiger partial charge on any atom is 0.414 e. The minimum atomic E-state index is -0.612. The van der Waals surface area contributed by atoms with Crippen molar-refractivity contribution in [1.82, 2.24) is 0 Å². The minimum absolute atomic E-state index is 0.123. The lowest BCUT2D eigenvalue weighted by Gasteiger charge is -2.20. The molecule has 0 aliphatic carbocycles. The summed E-state index contributed by atoms with van der Waals surface area (Å²) < 4.78 is 9.64. The van der Waals surface area contributed by atoms with Crippen LogP contribution in [0, 0.1) is 0 Å². The maximum atomic E-state index is 11.6. The highest BCUT2D eigenvalue weighted by Crippen LogP contribution is 2.19. The molecule has 1 rings (SSSR count). The van der Waals surface area contributed by atoms with Gasteiger partial charge < -0.3 is 9.47 Å². The fraction of sp³-hybridized carbons (Fsp3) is 0.333. The smallest absolute Gasteiger partial charge is 0.414 e. The average molecular weight is 272 g/mol. The van der Waals surface area contributed by atoms with E-state index < -0.39 is 6.09 Å². The van der Waals surface area contributed by atoms with Gasteiger partial charge in [-0.15, -0.1) is 11.6 Å². The van der Waals surface area contributed by atoms with Crippen LogP contribution in [0.3, 0.4) is 0 Å². The van der Waals surface area contributed by atoms with Gasteiger partial charge in [0.05, 0.1) is 26.6 Å². The van der Waals surface area contributed by atoms with Crippen LogP contribution in [0.5, 0.6) is 5.75 Å². The monoisotopic (exact) mass is 271 g/mol. The maximum absolute atomic E-state index is 11.6. The van der Waals surface area contributed by atoms with Crippen LogP contribution in [0.4, 0.5) is 10.5 Å². The molecule has 0 unspecified atom stereocenters. The Bertz CT molecular complexity index is 419. The highest BCUT2D eigenvalue weighted by Gasteiger charge is 2.19. The third kappa shape index (κ3) is 3.63. The molecule has 0 saturated heterocycles. The number of ketones is 1. The number of carbonyl (C=O) groups excluding carboxylic acids is 2. The molecule has 0 fully saturated rings. The van der Waals surface area contributed by atoms with E-state index >= 15 is 0 Å². The largest absolute Gasteiger partial charge is 0.497 e. The third-order valence-corrected chi connectivity index (χ3v) is 2.56. The SMILES string of the molecule is COC(=O)N(CC(=O)CCl)c1ccc(OC)cc1. The number of alkyl halides is 1. The molecular weight excluding hydrogens is 258 g/mol. The lowest BCUT2D eigenvalue weighted by atomic mass is 10.2. The number of carbonyl (C=O) groups is 2. The molecule has 1 amide bonds. The van der Waals surface area contributed by atoms with Crippen LogP contribution in [0.2, 0.25) is 0 Å². The first-order valence-electron chi connectivity index (χ1n) is 5.19. The Labute approximate surface area is 110 Å². The van der Waals surface area contributed by atoms with Crippen molar-refractivity contribution >= 4 is 29.2 Å². The Morgan fingerprint density at radius 3 is 2.28 bits per heavy atom. The van der Waals surface area contributed by atoms with E-state index in [1.807, 2.05) is 0 Å². The van der Waals surface area contributed by atoms with Crippen molar-refractivity contribution < 1.29 is 19.1 Å². The summed E-state index contributed by atoms with van der Waals surface area (Å²) in [5.41, 5.74) is 0.543. The van der Waals surface area contributed by atoms with Gasteiger partial charge in [0.15, 0.2) is 5.78 Å². The molecule has 0 heterocycles. The van der Waals surface area contributed by atoms with E-state index in [0.717, 1.165) is 0 Å². The number of Topliss-reactive ketones (excluding diaryl/α,β-unsaturated/α-hetero) is 1. The summed E-state index contributed by atoms with van der Waals surface area (Å²) in [5, 5.41) is 0. The van der Waals surface area contributed by atoms with Gasteiger partial charge in [-0.25, -0.2) is 4.79 Å². The number of methoxy groups -OCH3 is 2. The number of ether oxygens (including phenoxy) is 2. The number of hydrogen-bond donors (Lipinski definition) is 0. The van der Waals surface area contributed by atoms with Crippen molar-refractivity contribution in [3.63, 3.8) is 0 Å². The Morgan fingerprint density at radius 2 is 1.83 bits per heavy atom. The van der Waals surface area contributed by atoms with Crippen molar-refractivity contribution in [2.24, 2.45) is 0 Å². The molecule has 0 radical (unpaired) electrons. The third-order valence-electron chi connectivity index (χ3n) is 2.26. The number of halogens is 1. The van der Waals surface area contributed by atoms with Crippen LogP contribution < -0.4 is 9.64 Å². The summed E-state index contributed by atoms with van der Waals surface area (Å²) in [4.78, 5) is 24.1. The molecule has 6 heteroatoms. The van der Waals surface area contributed by atoms with E-state index in [1.165, 1.54) is 12.0 Å². The van der Waals surface area contributed by atoms with Gasteiger partial charge in [0.2, 0.25) is 0 Å². The molecule has 1 aromatic rings. The Hall–Kier alpha value is -1.75. The predicted molar refractivity (Wildman–Crippen MR) is 68.5 cm³/mol. The van der Waals surface area contributed by atoms with Crippen LogP contribution in [0.15, 0.2) is 24.3 Å². The zero-order valence-electron chi connectivity index (χ0n) is 10.2. The number of nitrogens with zero attached hydrogens (tertiary/aromatic N) is 1. The van der Waals surface area contributed by atoms with Gasteiger partial charge in [-0.3, -0.25) is 9.69 Å². The van der Waals surface area contributed by atoms with E-state index in [2.05, 4.69) is 4.74 Å². The van der Waals surface area contributed by atoms with Crippen LogP contribution in [-0.4, -0.2) is 38.5 Å². The fourth-order valence-electron chi connectivity index (χ4n) is 1.35. The summed E-state index contributed by atoms with van der Waals surface area (Å²) >= 11 is 5.43. The molecule has 98 valence electrons. The zero-order valence-corrected chi connectivity index (χ0v) is 10.9. The van der Waals surface area contributed by atoms with Gasteiger partial charge >= 0.3 is 6.09 Å². The topological polar surface area (TPSA) is 55.8 Å². The van der Waals surface area contributed by atoms with Crippen LogP contribution in [-0.2, 0) is 9.53 Å². The summed E-state index contributed by atoms with van der Waals surface area (Å²) in [7, 11) is 2.80. The van der Waals surface area contributed by atoms with Gasteiger partial charge in [0, 0.05) is 5.69 Å². The second-order valence-corrected chi connectivity index (χ2v) is 3.69. The van der Waals surface area contributed by atoms with E-state index in [0.29, 0.717) is 11.4 Å².